The van der Waals surface area contributed by atoms with Crippen LogP contribution in [0.25, 0.3) is 0 Å². The van der Waals surface area contributed by atoms with Gasteiger partial charge >= 0.3 is 0 Å². The normalized spacial score (nSPS) is 32.7. The predicted molar refractivity (Wildman–Crippen MR) is 86.0 cm³/mol. The minimum atomic E-state index is -1.65. The Bertz CT molecular complexity index is 389. The second-order valence-corrected chi connectivity index (χ2v) is 13.2. The summed E-state index contributed by atoms with van der Waals surface area (Å²) in [6.45, 7) is 16.6. The van der Waals surface area contributed by atoms with Gasteiger partial charge in [-0.1, -0.05) is 31.9 Å². The Morgan fingerprint density at radius 1 is 1.21 bits per heavy atom. The van der Waals surface area contributed by atoms with Crippen molar-refractivity contribution in [2.45, 2.75) is 90.5 Å². The van der Waals surface area contributed by atoms with Crippen LogP contribution in [-0.4, -0.2) is 13.9 Å². The molecule has 1 fully saturated rings. The Labute approximate surface area is 120 Å². The molecular formula is C17H32OSi. The monoisotopic (exact) mass is 280 g/mol. The van der Waals surface area contributed by atoms with E-state index in [-0.39, 0.29) is 5.60 Å². The summed E-state index contributed by atoms with van der Waals surface area (Å²) in [6.07, 6.45) is 6.44. The van der Waals surface area contributed by atoms with Gasteiger partial charge in [0.15, 0.2) is 8.32 Å². The number of hydrogen-bond donors (Lipinski definition) is 0. The van der Waals surface area contributed by atoms with Crippen LogP contribution in [0.5, 0.6) is 0 Å². The molecule has 2 aliphatic rings. The zero-order valence-electron chi connectivity index (χ0n) is 14.0. The molecule has 19 heavy (non-hydrogen) atoms. The van der Waals surface area contributed by atoms with E-state index in [4.69, 9.17) is 4.43 Å². The number of fused-ring (bicyclic) bond motifs is 2. The fourth-order valence-corrected chi connectivity index (χ4v) is 5.19. The Hall–Kier alpha value is -0.0831. The summed E-state index contributed by atoms with van der Waals surface area (Å²) < 4.78 is 6.87. The first-order chi connectivity index (χ1) is 8.55. The van der Waals surface area contributed by atoms with Gasteiger partial charge in [0.2, 0.25) is 0 Å². The van der Waals surface area contributed by atoms with E-state index in [0.717, 1.165) is 5.92 Å². The van der Waals surface area contributed by atoms with E-state index < -0.39 is 8.32 Å². The lowest BCUT2D eigenvalue weighted by molar-refractivity contribution is -0.0147. The zero-order chi connectivity index (χ0) is 14.5. The smallest absolute Gasteiger partial charge is 0.192 e. The lowest BCUT2D eigenvalue weighted by Gasteiger charge is -2.51. The van der Waals surface area contributed by atoms with Crippen molar-refractivity contribution in [1.82, 2.24) is 0 Å². The first-order valence-electron chi connectivity index (χ1n) is 7.93. The highest BCUT2D eigenvalue weighted by molar-refractivity contribution is 6.74. The molecule has 0 saturated heterocycles. The molecule has 0 radical (unpaired) electrons. The molecule has 0 amide bonds. The second-order valence-electron chi connectivity index (χ2n) is 8.50. The third-order valence-corrected chi connectivity index (χ3v) is 10.6. The maximum Gasteiger partial charge on any atom is 0.192 e. The predicted octanol–water partition coefficient (Wildman–Crippen LogP) is 5.68. The van der Waals surface area contributed by atoms with Crippen LogP contribution >= 0.6 is 0 Å². The van der Waals surface area contributed by atoms with Crippen LogP contribution < -0.4 is 0 Å². The van der Waals surface area contributed by atoms with Gasteiger partial charge in [-0.05, 0) is 70.0 Å². The highest BCUT2D eigenvalue weighted by Crippen LogP contribution is 2.50. The van der Waals surface area contributed by atoms with E-state index in [9.17, 15) is 0 Å². The molecular weight excluding hydrogens is 248 g/mol. The first-order valence-corrected chi connectivity index (χ1v) is 10.8. The van der Waals surface area contributed by atoms with Crippen LogP contribution in [0.3, 0.4) is 0 Å². The molecule has 2 heteroatoms. The van der Waals surface area contributed by atoms with E-state index in [1.54, 1.807) is 11.1 Å². The van der Waals surface area contributed by atoms with Crippen molar-refractivity contribution in [1.29, 1.82) is 0 Å². The summed E-state index contributed by atoms with van der Waals surface area (Å²) in [7, 11) is -1.65. The number of rotatable bonds is 2. The van der Waals surface area contributed by atoms with Crippen LogP contribution in [-0.2, 0) is 4.43 Å². The first kappa shape index (κ1) is 15.3. The summed E-state index contributed by atoms with van der Waals surface area (Å²) in [5.41, 5.74) is 3.55. The van der Waals surface area contributed by atoms with Crippen molar-refractivity contribution >= 4 is 8.32 Å². The number of allylic oxidation sites excluding steroid dienone is 2. The molecule has 2 rings (SSSR count). The summed E-state index contributed by atoms with van der Waals surface area (Å²) in [6, 6.07) is 0. The molecule has 2 atom stereocenters. The minimum absolute atomic E-state index is 0.132. The van der Waals surface area contributed by atoms with Crippen molar-refractivity contribution in [3.05, 3.63) is 11.1 Å². The van der Waals surface area contributed by atoms with Gasteiger partial charge in [0, 0.05) is 0 Å². The molecule has 1 saturated carbocycles. The quantitative estimate of drug-likeness (QED) is 0.467. The van der Waals surface area contributed by atoms with Crippen molar-refractivity contribution in [3.63, 3.8) is 0 Å². The Kier molecular flexibility index (Phi) is 3.81. The fourth-order valence-electron chi connectivity index (χ4n) is 3.45. The molecule has 0 aromatic heterocycles. The van der Waals surface area contributed by atoms with E-state index in [1.165, 1.54) is 32.1 Å². The van der Waals surface area contributed by atoms with Gasteiger partial charge in [-0.25, -0.2) is 0 Å². The third kappa shape index (κ3) is 2.85. The number of hydrogen-bond acceptors (Lipinski definition) is 1. The molecule has 0 spiro atoms. The average Bonchev–Trinajstić information content (AvgIpc) is 2.25. The molecule has 0 aromatic rings. The van der Waals surface area contributed by atoms with E-state index in [0.29, 0.717) is 5.04 Å². The van der Waals surface area contributed by atoms with E-state index in [2.05, 4.69) is 47.7 Å². The topological polar surface area (TPSA) is 9.23 Å². The van der Waals surface area contributed by atoms with Gasteiger partial charge in [0.05, 0.1) is 5.60 Å². The maximum atomic E-state index is 6.87. The molecule has 0 N–H and O–H groups in total. The highest BCUT2D eigenvalue weighted by Gasteiger charge is 2.48. The van der Waals surface area contributed by atoms with Crippen LogP contribution in [0.4, 0.5) is 0 Å². The molecule has 1 nitrogen and oxygen atoms in total. The van der Waals surface area contributed by atoms with E-state index >= 15 is 0 Å². The van der Waals surface area contributed by atoms with Crippen molar-refractivity contribution in [3.8, 4) is 0 Å². The van der Waals surface area contributed by atoms with Gasteiger partial charge in [-0.2, -0.15) is 0 Å². The van der Waals surface area contributed by atoms with Crippen molar-refractivity contribution < 1.29 is 4.43 Å². The van der Waals surface area contributed by atoms with Gasteiger partial charge in [-0.3, -0.25) is 0 Å². The molecule has 110 valence electrons. The summed E-state index contributed by atoms with van der Waals surface area (Å²) in [4.78, 5) is 0. The Morgan fingerprint density at radius 3 is 2.42 bits per heavy atom. The minimum Gasteiger partial charge on any atom is -0.411 e. The lowest BCUT2D eigenvalue weighted by atomic mass is 9.68. The van der Waals surface area contributed by atoms with Gasteiger partial charge in [0.25, 0.3) is 0 Å². The lowest BCUT2D eigenvalue weighted by Crippen LogP contribution is -2.53. The standard InChI is InChI=1S/C17H32OSi/c1-13-8-9-15-12-14(13)10-11-17(15,5)18-19(6,7)16(2,3)4/h15H,8-12H2,1-7H3/t15-,17+/m1/s1. The van der Waals surface area contributed by atoms with Crippen LogP contribution in [0.1, 0.15) is 66.7 Å². The Balaban J connectivity index is 2.17. The summed E-state index contributed by atoms with van der Waals surface area (Å²) in [5.74, 6) is 0.758. The Morgan fingerprint density at radius 2 is 1.84 bits per heavy atom. The molecule has 0 heterocycles. The van der Waals surface area contributed by atoms with Crippen LogP contribution in [0, 0.1) is 5.92 Å². The van der Waals surface area contributed by atoms with Crippen LogP contribution in [0.15, 0.2) is 11.1 Å². The SMILES string of the molecule is CC1=C2CC[C@](C)(O[Si](C)(C)C(C)(C)C)[C@H](CC1)C2. The maximum absolute atomic E-state index is 6.87. The molecule has 2 aliphatic carbocycles. The second kappa shape index (κ2) is 4.73. The average molecular weight is 281 g/mol. The third-order valence-electron chi connectivity index (χ3n) is 6.05. The molecule has 0 aliphatic heterocycles. The molecule has 0 unspecified atom stereocenters. The largest absolute Gasteiger partial charge is 0.411 e. The van der Waals surface area contributed by atoms with Gasteiger partial charge in [0.1, 0.15) is 0 Å². The summed E-state index contributed by atoms with van der Waals surface area (Å²) >= 11 is 0. The highest BCUT2D eigenvalue weighted by atomic mass is 28.4. The van der Waals surface area contributed by atoms with Gasteiger partial charge in [-0.15, -0.1) is 0 Å². The summed E-state index contributed by atoms with van der Waals surface area (Å²) in [5, 5.41) is 0.316. The van der Waals surface area contributed by atoms with Crippen LogP contribution in [0.2, 0.25) is 18.1 Å². The zero-order valence-corrected chi connectivity index (χ0v) is 15.0. The molecule has 0 aromatic carbocycles. The fraction of sp³-hybridized carbons (Fsp3) is 0.882. The molecule has 2 bridgehead atoms. The van der Waals surface area contributed by atoms with E-state index in [1.807, 2.05) is 0 Å². The van der Waals surface area contributed by atoms with Gasteiger partial charge < -0.3 is 4.43 Å². The van der Waals surface area contributed by atoms with Crippen molar-refractivity contribution in [2.24, 2.45) is 5.92 Å². The van der Waals surface area contributed by atoms with Crippen molar-refractivity contribution in [2.75, 3.05) is 0 Å².